The molecule has 0 N–H and O–H groups in total. The van der Waals surface area contributed by atoms with E-state index < -0.39 is 0 Å². The summed E-state index contributed by atoms with van der Waals surface area (Å²) in [6, 6.07) is 14.5. The van der Waals surface area contributed by atoms with Gasteiger partial charge in [0.1, 0.15) is 11.6 Å². The highest BCUT2D eigenvalue weighted by Crippen LogP contribution is 2.09. The number of hydrogen-bond acceptors (Lipinski definition) is 1. The fourth-order valence-electron chi connectivity index (χ4n) is 1.28. The first kappa shape index (κ1) is 17.2. The van der Waals surface area contributed by atoms with Crippen LogP contribution in [0.5, 0.6) is 5.75 Å². The van der Waals surface area contributed by atoms with Crippen molar-refractivity contribution in [3.05, 3.63) is 65.5 Å². The molecular weight excluding hydrogens is 239 g/mol. The number of aryl methyl sites for hydroxylation is 2. The Hall–Kier alpha value is -1.83. The average Bonchev–Trinajstić information content (AvgIpc) is 2.42. The van der Waals surface area contributed by atoms with Crippen molar-refractivity contribution < 1.29 is 9.13 Å². The van der Waals surface area contributed by atoms with Crippen molar-refractivity contribution >= 4 is 0 Å². The van der Waals surface area contributed by atoms with Gasteiger partial charge in [-0.05, 0) is 43.7 Å². The molecule has 2 rings (SSSR count). The van der Waals surface area contributed by atoms with Crippen LogP contribution in [0.15, 0.2) is 48.5 Å². The molecule has 0 bridgehead atoms. The molecule has 0 radical (unpaired) electrons. The van der Waals surface area contributed by atoms with E-state index in [0.29, 0.717) is 0 Å². The molecule has 2 heteroatoms. The van der Waals surface area contributed by atoms with Gasteiger partial charge < -0.3 is 4.74 Å². The fraction of sp³-hybridized carbons (Fsp3) is 0.294. The van der Waals surface area contributed by atoms with Gasteiger partial charge in [-0.1, -0.05) is 43.7 Å². The normalized spacial score (nSPS) is 8.53. The lowest BCUT2D eigenvalue weighted by atomic mass is 10.2. The topological polar surface area (TPSA) is 9.23 Å². The third-order valence-corrected chi connectivity index (χ3v) is 2.24. The van der Waals surface area contributed by atoms with Crippen molar-refractivity contribution in [2.45, 2.75) is 27.7 Å². The summed E-state index contributed by atoms with van der Waals surface area (Å²) in [6.07, 6.45) is 0. The van der Waals surface area contributed by atoms with Crippen LogP contribution >= 0.6 is 0 Å². The van der Waals surface area contributed by atoms with Gasteiger partial charge in [0.2, 0.25) is 0 Å². The lowest BCUT2D eigenvalue weighted by Crippen LogP contribution is -1.80. The SMILES string of the molecule is CC.COc1ccc(C)cc1.Cc1cccc(F)c1. The molecule has 0 saturated heterocycles. The van der Waals surface area contributed by atoms with E-state index in [1.165, 1.54) is 17.7 Å². The standard InChI is InChI=1S/C8H10O.C7H7F.C2H6/c1-7-3-5-8(9-2)6-4-7;1-6-3-2-4-7(8)5-6;1-2/h3-6H,1-2H3;2-5H,1H3;1-2H3. The van der Waals surface area contributed by atoms with Crippen molar-refractivity contribution in [2.24, 2.45) is 0 Å². The Kier molecular flexibility index (Phi) is 9.15. The molecule has 104 valence electrons. The Morgan fingerprint density at radius 1 is 0.842 bits per heavy atom. The van der Waals surface area contributed by atoms with Crippen molar-refractivity contribution in [2.75, 3.05) is 7.11 Å². The van der Waals surface area contributed by atoms with Crippen LogP contribution in [-0.2, 0) is 0 Å². The van der Waals surface area contributed by atoms with E-state index in [9.17, 15) is 4.39 Å². The highest BCUT2D eigenvalue weighted by Gasteiger charge is 1.86. The maximum Gasteiger partial charge on any atom is 0.123 e. The first-order valence-electron chi connectivity index (χ1n) is 6.44. The molecule has 19 heavy (non-hydrogen) atoms. The molecule has 1 nitrogen and oxygen atoms in total. The van der Waals surface area contributed by atoms with Crippen LogP contribution in [0.1, 0.15) is 25.0 Å². The third kappa shape index (κ3) is 7.98. The van der Waals surface area contributed by atoms with Crippen molar-refractivity contribution in [1.82, 2.24) is 0 Å². The molecule has 0 spiro atoms. The van der Waals surface area contributed by atoms with E-state index in [-0.39, 0.29) is 5.82 Å². The summed E-state index contributed by atoms with van der Waals surface area (Å²) in [4.78, 5) is 0. The second-order valence-electron chi connectivity index (χ2n) is 3.82. The summed E-state index contributed by atoms with van der Waals surface area (Å²) in [7, 11) is 1.67. The lowest BCUT2D eigenvalue weighted by molar-refractivity contribution is 0.414. The summed E-state index contributed by atoms with van der Waals surface area (Å²) in [6.45, 7) is 7.92. The summed E-state index contributed by atoms with van der Waals surface area (Å²) >= 11 is 0. The second kappa shape index (κ2) is 10.1. The monoisotopic (exact) mass is 262 g/mol. The van der Waals surface area contributed by atoms with Gasteiger partial charge in [0.15, 0.2) is 0 Å². The molecule has 0 saturated carbocycles. The van der Waals surface area contributed by atoms with Crippen LogP contribution in [0.4, 0.5) is 4.39 Å². The summed E-state index contributed by atoms with van der Waals surface area (Å²) in [5.41, 5.74) is 2.22. The number of halogens is 1. The molecule has 0 amide bonds. The maximum atomic E-state index is 12.2. The molecule has 0 aliphatic rings. The Balaban J connectivity index is 0.000000303. The van der Waals surface area contributed by atoms with E-state index in [2.05, 4.69) is 6.92 Å². The summed E-state index contributed by atoms with van der Waals surface area (Å²) < 4.78 is 17.1. The number of benzene rings is 2. The average molecular weight is 262 g/mol. The van der Waals surface area contributed by atoms with Crippen molar-refractivity contribution in [3.63, 3.8) is 0 Å². The van der Waals surface area contributed by atoms with Gasteiger partial charge in [0.25, 0.3) is 0 Å². The van der Waals surface area contributed by atoms with Crippen molar-refractivity contribution in [3.8, 4) is 5.75 Å². The lowest BCUT2D eigenvalue weighted by Gasteiger charge is -1.97. The number of methoxy groups -OCH3 is 1. The molecule has 2 aromatic rings. The Labute approximate surface area is 116 Å². The minimum absolute atomic E-state index is 0.162. The predicted molar refractivity (Wildman–Crippen MR) is 80.2 cm³/mol. The predicted octanol–water partition coefficient (Wildman–Crippen LogP) is 5.16. The van der Waals surface area contributed by atoms with Gasteiger partial charge in [0, 0.05) is 0 Å². The minimum Gasteiger partial charge on any atom is -0.497 e. The number of hydrogen-bond donors (Lipinski definition) is 0. The highest BCUT2D eigenvalue weighted by atomic mass is 19.1. The molecule has 0 aliphatic carbocycles. The number of rotatable bonds is 1. The quantitative estimate of drug-likeness (QED) is 0.689. The maximum absolute atomic E-state index is 12.2. The molecule has 0 aromatic heterocycles. The van der Waals surface area contributed by atoms with Crippen LogP contribution < -0.4 is 4.74 Å². The van der Waals surface area contributed by atoms with E-state index in [1.54, 1.807) is 13.2 Å². The molecule has 0 atom stereocenters. The van der Waals surface area contributed by atoms with Gasteiger partial charge >= 0.3 is 0 Å². The first-order chi connectivity index (χ1) is 9.11. The smallest absolute Gasteiger partial charge is 0.123 e. The van der Waals surface area contributed by atoms with Crippen LogP contribution in [0.2, 0.25) is 0 Å². The molecule has 0 unspecified atom stereocenters. The van der Waals surface area contributed by atoms with Crippen LogP contribution in [0.25, 0.3) is 0 Å². The molecule has 0 heterocycles. The summed E-state index contributed by atoms with van der Waals surface area (Å²) in [5, 5.41) is 0. The van der Waals surface area contributed by atoms with Gasteiger partial charge in [-0.2, -0.15) is 0 Å². The van der Waals surface area contributed by atoms with Gasteiger partial charge in [-0.25, -0.2) is 4.39 Å². The zero-order valence-corrected chi connectivity index (χ0v) is 12.4. The Morgan fingerprint density at radius 2 is 1.42 bits per heavy atom. The first-order valence-corrected chi connectivity index (χ1v) is 6.44. The molecule has 0 fully saturated rings. The fourth-order valence-corrected chi connectivity index (χ4v) is 1.28. The molecular formula is C17H23FO. The van der Waals surface area contributed by atoms with Crippen molar-refractivity contribution in [1.29, 1.82) is 0 Å². The van der Waals surface area contributed by atoms with E-state index in [1.807, 2.05) is 51.1 Å². The highest BCUT2D eigenvalue weighted by molar-refractivity contribution is 5.25. The number of ether oxygens (including phenoxy) is 1. The van der Waals surface area contributed by atoms with Crippen LogP contribution in [-0.4, -0.2) is 7.11 Å². The van der Waals surface area contributed by atoms with Gasteiger partial charge in [-0.15, -0.1) is 0 Å². The zero-order valence-electron chi connectivity index (χ0n) is 12.4. The van der Waals surface area contributed by atoms with Crippen LogP contribution in [0, 0.1) is 19.7 Å². The summed E-state index contributed by atoms with van der Waals surface area (Å²) in [5.74, 6) is 0.755. The van der Waals surface area contributed by atoms with Gasteiger partial charge in [-0.3, -0.25) is 0 Å². The largest absolute Gasteiger partial charge is 0.497 e. The van der Waals surface area contributed by atoms with E-state index in [4.69, 9.17) is 4.74 Å². The van der Waals surface area contributed by atoms with Crippen LogP contribution in [0.3, 0.4) is 0 Å². The Morgan fingerprint density at radius 3 is 1.79 bits per heavy atom. The van der Waals surface area contributed by atoms with E-state index >= 15 is 0 Å². The Bertz CT molecular complexity index is 432. The zero-order chi connectivity index (χ0) is 14.7. The molecule has 2 aromatic carbocycles. The van der Waals surface area contributed by atoms with E-state index in [0.717, 1.165) is 11.3 Å². The second-order valence-corrected chi connectivity index (χ2v) is 3.82. The van der Waals surface area contributed by atoms with Gasteiger partial charge in [0.05, 0.1) is 7.11 Å². The third-order valence-electron chi connectivity index (χ3n) is 2.24. The minimum atomic E-state index is -0.162. The molecule has 0 aliphatic heterocycles.